The topological polar surface area (TPSA) is 63.1 Å². The average molecular weight is 293 g/mol. The molecule has 2 aromatic heterocycles. The SMILES string of the molecule is Cc1nccn1[C@H](C)C(=O)NCc1csc(N(C)C)n1. The van der Waals surface area contributed by atoms with Crippen molar-refractivity contribution in [2.45, 2.75) is 26.4 Å². The molecule has 0 spiro atoms. The molecular weight excluding hydrogens is 274 g/mol. The zero-order valence-electron chi connectivity index (χ0n) is 12.1. The summed E-state index contributed by atoms with van der Waals surface area (Å²) in [5.41, 5.74) is 0.876. The van der Waals surface area contributed by atoms with Crippen molar-refractivity contribution < 1.29 is 4.79 Å². The van der Waals surface area contributed by atoms with Crippen LogP contribution >= 0.6 is 11.3 Å². The third-order valence-electron chi connectivity index (χ3n) is 3.02. The van der Waals surface area contributed by atoms with Gasteiger partial charge in [-0.05, 0) is 13.8 Å². The molecule has 0 aliphatic heterocycles. The van der Waals surface area contributed by atoms with E-state index in [1.54, 1.807) is 17.5 Å². The van der Waals surface area contributed by atoms with Crippen molar-refractivity contribution in [2.24, 2.45) is 0 Å². The number of hydrogen-bond acceptors (Lipinski definition) is 5. The molecule has 6 nitrogen and oxygen atoms in total. The molecule has 1 atom stereocenters. The standard InChI is InChI=1S/C13H19N5OS/c1-9(18-6-5-14-10(18)2)12(19)15-7-11-8-20-13(16-11)17(3)4/h5-6,8-9H,7H2,1-4H3,(H,15,19)/t9-/m1/s1. The molecule has 108 valence electrons. The van der Waals surface area contributed by atoms with Crippen LogP contribution in [0, 0.1) is 6.92 Å². The summed E-state index contributed by atoms with van der Waals surface area (Å²) in [7, 11) is 3.90. The van der Waals surface area contributed by atoms with Crippen LogP contribution in [0.2, 0.25) is 0 Å². The molecule has 2 heterocycles. The molecule has 2 aromatic rings. The first kappa shape index (κ1) is 14.5. The van der Waals surface area contributed by atoms with Crippen molar-refractivity contribution in [3.63, 3.8) is 0 Å². The molecular formula is C13H19N5OS. The van der Waals surface area contributed by atoms with Crippen molar-refractivity contribution in [3.05, 3.63) is 29.3 Å². The number of hydrogen-bond donors (Lipinski definition) is 1. The molecule has 0 radical (unpaired) electrons. The Labute approximate surface area is 122 Å². The largest absolute Gasteiger partial charge is 0.354 e. The van der Waals surface area contributed by atoms with Crippen molar-refractivity contribution >= 4 is 22.4 Å². The highest BCUT2D eigenvalue weighted by Crippen LogP contribution is 2.18. The molecule has 1 N–H and O–H groups in total. The first-order valence-corrected chi connectivity index (χ1v) is 7.26. The van der Waals surface area contributed by atoms with Crippen LogP contribution in [-0.2, 0) is 11.3 Å². The number of rotatable bonds is 5. The lowest BCUT2D eigenvalue weighted by Crippen LogP contribution is -2.30. The van der Waals surface area contributed by atoms with Gasteiger partial charge < -0.3 is 14.8 Å². The smallest absolute Gasteiger partial charge is 0.243 e. The molecule has 0 aliphatic carbocycles. The lowest BCUT2D eigenvalue weighted by Gasteiger charge is -2.14. The van der Waals surface area contributed by atoms with Gasteiger partial charge in [0, 0.05) is 31.9 Å². The van der Waals surface area contributed by atoms with Gasteiger partial charge in [-0.3, -0.25) is 4.79 Å². The number of thiazole rings is 1. The van der Waals surface area contributed by atoms with Gasteiger partial charge >= 0.3 is 0 Å². The van der Waals surface area contributed by atoms with Crippen molar-refractivity contribution in [1.82, 2.24) is 19.9 Å². The van der Waals surface area contributed by atoms with Gasteiger partial charge in [-0.25, -0.2) is 9.97 Å². The van der Waals surface area contributed by atoms with Crippen LogP contribution in [-0.4, -0.2) is 34.5 Å². The minimum absolute atomic E-state index is 0.0366. The second-order valence-corrected chi connectivity index (χ2v) is 5.63. The number of anilines is 1. The fourth-order valence-electron chi connectivity index (χ4n) is 1.83. The molecule has 7 heteroatoms. The Bertz CT molecular complexity index is 589. The Hall–Kier alpha value is -1.89. The van der Waals surface area contributed by atoms with Gasteiger partial charge in [-0.1, -0.05) is 0 Å². The minimum atomic E-state index is -0.274. The fourth-order valence-corrected chi connectivity index (χ4v) is 2.59. The maximum absolute atomic E-state index is 12.1. The van der Waals surface area contributed by atoms with Gasteiger partial charge in [0.25, 0.3) is 0 Å². The summed E-state index contributed by atoms with van der Waals surface area (Å²) < 4.78 is 1.85. The van der Waals surface area contributed by atoms with Crippen LogP contribution in [0.1, 0.15) is 24.5 Å². The van der Waals surface area contributed by atoms with E-state index in [2.05, 4.69) is 15.3 Å². The Morgan fingerprint density at radius 3 is 2.85 bits per heavy atom. The second-order valence-electron chi connectivity index (χ2n) is 4.79. The Kier molecular flexibility index (Phi) is 4.39. The van der Waals surface area contributed by atoms with Crippen LogP contribution in [0.5, 0.6) is 0 Å². The monoisotopic (exact) mass is 293 g/mol. The summed E-state index contributed by atoms with van der Waals surface area (Å²) in [5, 5.41) is 5.80. The van der Waals surface area contributed by atoms with Gasteiger partial charge in [0.1, 0.15) is 11.9 Å². The number of nitrogens with one attached hydrogen (secondary N) is 1. The summed E-state index contributed by atoms with van der Waals surface area (Å²) in [5.74, 6) is 0.793. The summed E-state index contributed by atoms with van der Waals surface area (Å²) in [4.78, 5) is 22.6. The van der Waals surface area contributed by atoms with Crippen molar-refractivity contribution in [3.8, 4) is 0 Å². The minimum Gasteiger partial charge on any atom is -0.354 e. The Balaban J connectivity index is 1.93. The molecule has 0 saturated heterocycles. The van der Waals surface area contributed by atoms with E-state index >= 15 is 0 Å². The Morgan fingerprint density at radius 2 is 2.30 bits per heavy atom. The van der Waals surface area contributed by atoms with Gasteiger partial charge in [-0.15, -0.1) is 11.3 Å². The van der Waals surface area contributed by atoms with E-state index in [1.807, 2.05) is 49.0 Å². The van der Waals surface area contributed by atoms with Crippen molar-refractivity contribution in [2.75, 3.05) is 19.0 Å². The highest BCUT2D eigenvalue weighted by molar-refractivity contribution is 7.13. The molecule has 0 saturated carbocycles. The summed E-state index contributed by atoms with van der Waals surface area (Å²) in [6.45, 7) is 4.19. The van der Waals surface area contributed by atoms with E-state index in [0.717, 1.165) is 16.6 Å². The zero-order valence-corrected chi connectivity index (χ0v) is 12.9. The molecule has 0 aliphatic rings. The number of imidazole rings is 1. The lowest BCUT2D eigenvalue weighted by molar-refractivity contribution is -0.124. The van der Waals surface area contributed by atoms with E-state index < -0.39 is 0 Å². The number of carbonyl (C=O) groups is 1. The van der Waals surface area contributed by atoms with E-state index in [9.17, 15) is 4.79 Å². The number of nitrogens with zero attached hydrogens (tertiary/aromatic N) is 4. The van der Waals surface area contributed by atoms with Crippen LogP contribution in [0.15, 0.2) is 17.8 Å². The normalized spacial score (nSPS) is 12.2. The molecule has 2 rings (SSSR count). The van der Waals surface area contributed by atoms with E-state index in [-0.39, 0.29) is 11.9 Å². The number of aryl methyl sites for hydroxylation is 1. The molecule has 0 aromatic carbocycles. The predicted octanol–water partition coefficient (Wildman–Crippen LogP) is 1.59. The zero-order chi connectivity index (χ0) is 14.7. The van der Waals surface area contributed by atoms with Gasteiger partial charge in [0.15, 0.2) is 5.13 Å². The first-order chi connectivity index (χ1) is 9.49. The van der Waals surface area contributed by atoms with E-state index in [1.165, 1.54) is 0 Å². The highest BCUT2D eigenvalue weighted by atomic mass is 32.1. The first-order valence-electron chi connectivity index (χ1n) is 6.38. The van der Waals surface area contributed by atoms with Crippen molar-refractivity contribution in [1.29, 1.82) is 0 Å². The molecule has 1 amide bonds. The fraction of sp³-hybridized carbons (Fsp3) is 0.462. The number of carbonyl (C=O) groups excluding carboxylic acids is 1. The summed E-state index contributed by atoms with van der Waals surface area (Å²) in [6, 6.07) is -0.274. The molecule has 0 fully saturated rings. The number of amides is 1. The molecule has 0 unspecified atom stereocenters. The molecule has 20 heavy (non-hydrogen) atoms. The quantitative estimate of drug-likeness (QED) is 0.909. The number of aromatic nitrogens is 3. The van der Waals surface area contributed by atoms with E-state index in [4.69, 9.17) is 0 Å². The summed E-state index contributed by atoms with van der Waals surface area (Å²) >= 11 is 1.57. The van der Waals surface area contributed by atoms with Crippen LogP contribution in [0.25, 0.3) is 0 Å². The molecule has 0 bridgehead atoms. The Morgan fingerprint density at radius 1 is 1.55 bits per heavy atom. The average Bonchev–Trinajstić information content (AvgIpc) is 3.03. The highest BCUT2D eigenvalue weighted by Gasteiger charge is 2.16. The van der Waals surface area contributed by atoms with Gasteiger partial charge in [0.2, 0.25) is 5.91 Å². The second kappa shape index (κ2) is 6.04. The van der Waals surface area contributed by atoms with Gasteiger partial charge in [0.05, 0.1) is 12.2 Å². The van der Waals surface area contributed by atoms with E-state index in [0.29, 0.717) is 6.54 Å². The third-order valence-corrected chi connectivity index (χ3v) is 4.08. The maximum Gasteiger partial charge on any atom is 0.243 e. The maximum atomic E-state index is 12.1. The van der Waals surface area contributed by atoms with Crippen LogP contribution in [0.3, 0.4) is 0 Å². The van der Waals surface area contributed by atoms with Crippen LogP contribution < -0.4 is 10.2 Å². The lowest BCUT2D eigenvalue weighted by atomic mass is 10.3. The predicted molar refractivity (Wildman–Crippen MR) is 80.0 cm³/mol. The third kappa shape index (κ3) is 3.16. The summed E-state index contributed by atoms with van der Waals surface area (Å²) in [6.07, 6.45) is 3.51. The van der Waals surface area contributed by atoms with Gasteiger partial charge in [-0.2, -0.15) is 0 Å². The van der Waals surface area contributed by atoms with Crippen LogP contribution in [0.4, 0.5) is 5.13 Å².